The minimum Gasteiger partial charge on any atom is -0.396 e. The van der Waals surface area contributed by atoms with Gasteiger partial charge in [0, 0.05) is 19.2 Å². The van der Waals surface area contributed by atoms with E-state index in [4.69, 9.17) is 5.11 Å². The summed E-state index contributed by atoms with van der Waals surface area (Å²) in [5, 5.41) is 18.3. The Morgan fingerprint density at radius 2 is 2.18 bits per heavy atom. The van der Waals surface area contributed by atoms with Gasteiger partial charge >= 0.3 is 0 Å². The molecule has 1 aliphatic heterocycles. The molecule has 17 heavy (non-hydrogen) atoms. The molecule has 0 spiro atoms. The molecule has 0 aromatic rings. The molecule has 96 valence electrons. The van der Waals surface area contributed by atoms with Crippen molar-refractivity contribution in [3.63, 3.8) is 0 Å². The fraction of sp³-hybridized carbons (Fsp3) is 0.929. The van der Waals surface area contributed by atoms with E-state index in [-0.39, 0.29) is 5.92 Å². The second-order valence-corrected chi connectivity index (χ2v) is 5.88. The van der Waals surface area contributed by atoms with E-state index < -0.39 is 0 Å². The summed E-state index contributed by atoms with van der Waals surface area (Å²) in [6.45, 7) is 4.83. The van der Waals surface area contributed by atoms with Gasteiger partial charge in [0.05, 0.1) is 12.0 Å². The highest BCUT2D eigenvalue weighted by atomic mass is 16.3. The monoisotopic (exact) mass is 236 g/mol. The molecule has 1 saturated heterocycles. The number of hydrogen-bond acceptors (Lipinski definition) is 3. The zero-order valence-electron chi connectivity index (χ0n) is 10.8. The van der Waals surface area contributed by atoms with Crippen molar-refractivity contribution in [2.24, 2.45) is 17.8 Å². The van der Waals surface area contributed by atoms with Crippen LogP contribution in [0.4, 0.5) is 0 Å². The summed E-state index contributed by atoms with van der Waals surface area (Å²) in [6, 6.07) is 2.99. The third-order valence-corrected chi connectivity index (χ3v) is 4.57. The highest BCUT2D eigenvalue weighted by Crippen LogP contribution is 2.34. The summed E-state index contributed by atoms with van der Waals surface area (Å²) in [5.41, 5.74) is 0. The highest BCUT2D eigenvalue weighted by Gasteiger charge is 2.36. The SMILES string of the molecule is CC1CCC(C#N)C(N2CCC(CCO)C2)C1. The summed E-state index contributed by atoms with van der Waals surface area (Å²) in [4.78, 5) is 2.52. The first-order chi connectivity index (χ1) is 8.24. The third-order valence-electron chi connectivity index (χ3n) is 4.57. The van der Waals surface area contributed by atoms with E-state index in [2.05, 4.69) is 17.9 Å². The van der Waals surface area contributed by atoms with Crippen LogP contribution in [-0.4, -0.2) is 35.7 Å². The molecule has 4 atom stereocenters. The second kappa shape index (κ2) is 5.84. The van der Waals surface area contributed by atoms with Gasteiger partial charge in [0.2, 0.25) is 0 Å². The minimum atomic E-state index is 0.235. The fourth-order valence-electron chi connectivity index (χ4n) is 3.49. The lowest BCUT2D eigenvalue weighted by molar-refractivity contribution is 0.123. The quantitative estimate of drug-likeness (QED) is 0.815. The van der Waals surface area contributed by atoms with Gasteiger partial charge in [-0.05, 0) is 50.5 Å². The number of nitrogens with zero attached hydrogens (tertiary/aromatic N) is 2. The van der Waals surface area contributed by atoms with Crippen LogP contribution in [0.25, 0.3) is 0 Å². The largest absolute Gasteiger partial charge is 0.396 e. The number of hydrogen-bond donors (Lipinski definition) is 1. The first-order valence-electron chi connectivity index (χ1n) is 6.99. The Bertz CT molecular complexity index is 286. The Hall–Kier alpha value is -0.590. The van der Waals surface area contributed by atoms with Gasteiger partial charge in [-0.1, -0.05) is 6.92 Å². The van der Waals surface area contributed by atoms with Crippen LogP contribution in [0.5, 0.6) is 0 Å². The van der Waals surface area contributed by atoms with Crippen molar-refractivity contribution in [2.45, 2.75) is 45.1 Å². The lowest BCUT2D eigenvalue weighted by Gasteiger charge is -2.37. The van der Waals surface area contributed by atoms with Crippen molar-refractivity contribution >= 4 is 0 Å². The van der Waals surface area contributed by atoms with E-state index >= 15 is 0 Å². The van der Waals surface area contributed by atoms with Crippen LogP contribution in [-0.2, 0) is 0 Å². The van der Waals surface area contributed by atoms with Crippen LogP contribution in [0.1, 0.15) is 39.0 Å². The molecule has 0 aromatic carbocycles. The maximum atomic E-state index is 9.26. The third kappa shape index (κ3) is 3.00. The molecule has 4 unspecified atom stereocenters. The second-order valence-electron chi connectivity index (χ2n) is 5.88. The van der Waals surface area contributed by atoms with Crippen LogP contribution < -0.4 is 0 Å². The maximum Gasteiger partial charge on any atom is 0.0672 e. The molecule has 0 amide bonds. The van der Waals surface area contributed by atoms with Crippen molar-refractivity contribution in [2.75, 3.05) is 19.7 Å². The Balaban J connectivity index is 1.94. The van der Waals surface area contributed by atoms with Gasteiger partial charge in [-0.25, -0.2) is 0 Å². The van der Waals surface area contributed by atoms with Crippen molar-refractivity contribution in [1.29, 1.82) is 5.26 Å². The molecule has 0 aromatic heterocycles. The molecule has 2 fully saturated rings. The summed E-state index contributed by atoms with van der Waals surface area (Å²) in [6.07, 6.45) is 5.59. The Kier molecular flexibility index (Phi) is 4.42. The van der Waals surface area contributed by atoms with Gasteiger partial charge in [0.15, 0.2) is 0 Å². The predicted molar refractivity (Wildman–Crippen MR) is 67.3 cm³/mol. The van der Waals surface area contributed by atoms with E-state index in [0.717, 1.165) is 31.8 Å². The first-order valence-corrected chi connectivity index (χ1v) is 6.99. The lowest BCUT2D eigenvalue weighted by atomic mass is 9.79. The Morgan fingerprint density at radius 3 is 2.88 bits per heavy atom. The lowest BCUT2D eigenvalue weighted by Crippen LogP contribution is -2.42. The molecule has 0 bridgehead atoms. The van der Waals surface area contributed by atoms with Gasteiger partial charge in [-0.3, -0.25) is 4.90 Å². The minimum absolute atomic E-state index is 0.235. The van der Waals surface area contributed by atoms with Gasteiger partial charge in [0.1, 0.15) is 0 Å². The summed E-state index contributed by atoms with van der Waals surface area (Å²) >= 11 is 0. The van der Waals surface area contributed by atoms with Gasteiger partial charge in [0.25, 0.3) is 0 Å². The van der Waals surface area contributed by atoms with Crippen molar-refractivity contribution in [3.8, 4) is 6.07 Å². The molecule has 2 rings (SSSR count). The van der Waals surface area contributed by atoms with Crippen LogP contribution in [0.3, 0.4) is 0 Å². The number of aliphatic hydroxyl groups is 1. The highest BCUT2D eigenvalue weighted by molar-refractivity contribution is 4.98. The van der Waals surface area contributed by atoms with E-state index in [9.17, 15) is 5.26 Å². The van der Waals surface area contributed by atoms with Crippen molar-refractivity contribution < 1.29 is 5.11 Å². The van der Waals surface area contributed by atoms with Gasteiger partial charge in [-0.15, -0.1) is 0 Å². The van der Waals surface area contributed by atoms with Crippen molar-refractivity contribution in [1.82, 2.24) is 4.90 Å². The normalized spacial score (nSPS) is 39.1. The van der Waals surface area contributed by atoms with Crippen LogP contribution >= 0.6 is 0 Å². The zero-order chi connectivity index (χ0) is 12.3. The first kappa shape index (κ1) is 12.9. The van der Waals surface area contributed by atoms with Crippen LogP contribution in [0.15, 0.2) is 0 Å². The Morgan fingerprint density at radius 1 is 1.35 bits per heavy atom. The smallest absolute Gasteiger partial charge is 0.0672 e. The molecule has 1 saturated carbocycles. The number of rotatable bonds is 3. The topological polar surface area (TPSA) is 47.3 Å². The summed E-state index contributed by atoms with van der Waals surface area (Å²) in [7, 11) is 0. The number of likely N-dealkylation sites (tertiary alicyclic amines) is 1. The molecule has 0 radical (unpaired) electrons. The summed E-state index contributed by atoms with van der Waals surface area (Å²) in [5.74, 6) is 1.65. The molecular weight excluding hydrogens is 212 g/mol. The maximum absolute atomic E-state index is 9.26. The van der Waals surface area contributed by atoms with Gasteiger partial charge < -0.3 is 5.11 Å². The van der Waals surface area contributed by atoms with E-state index in [1.807, 2.05) is 0 Å². The molecule has 3 heteroatoms. The Labute approximate surface area is 104 Å². The molecule has 1 heterocycles. The average Bonchev–Trinajstić information content (AvgIpc) is 2.78. The molecule has 1 aliphatic carbocycles. The average molecular weight is 236 g/mol. The summed E-state index contributed by atoms with van der Waals surface area (Å²) < 4.78 is 0. The van der Waals surface area contributed by atoms with Gasteiger partial charge in [-0.2, -0.15) is 5.26 Å². The standard InChI is InChI=1S/C14H24N2O/c1-11-2-3-13(9-15)14(8-11)16-6-4-12(10-16)5-7-17/h11-14,17H,2-8,10H2,1H3. The van der Waals surface area contributed by atoms with Crippen LogP contribution in [0, 0.1) is 29.1 Å². The number of nitriles is 1. The van der Waals surface area contributed by atoms with E-state index in [1.165, 1.54) is 19.3 Å². The molecule has 1 N–H and O–H groups in total. The van der Waals surface area contributed by atoms with E-state index in [1.54, 1.807) is 0 Å². The number of aliphatic hydroxyl groups excluding tert-OH is 1. The molecule has 3 nitrogen and oxygen atoms in total. The fourth-order valence-corrected chi connectivity index (χ4v) is 3.49. The molecular formula is C14H24N2O. The predicted octanol–water partition coefficient (Wildman–Crippen LogP) is 2.02. The van der Waals surface area contributed by atoms with Crippen LogP contribution in [0.2, 0.25) is 0 Å². The van der Waals surface area contributed by atoms with Crippen molar-refractivity contribution in [3.05, 3.63) is 0 Å². The molecule has 2 aliphatic rings. The zero-order valence-corrected chi connectivity index (χ0v) is 10.8. The van der Waals surface area contributed by atoms with E-state index in [0.29, 0.717) is 18.6 Å².